The average Bonchev–Trinajstić information content (AvgIpc) is 3.14. The molecule has 2 atom stereocenters. The Labute approximate surface area is 190 Å². The maximum absolute atomic E-state index is 13.3. The number of hydrazone groups is 1. The third-order valence-electron chi connectivity index (χ3n) is 5.39. The Balaban J connectivity index is 1.67. The van der Waals surface area contributed by atoms with E-state index < -0.39 is 12.1 Å². The van der Waals surface area contributed by atoms with Gasteiger partial charge in [-0.25, -0.2) is 4.39 Å². The minimum Gasteiger partial charge on any atom is -0.497 e. The summed E-state index contributed by atoms with van der Waals surface area (Å²) in [6.45, 7) is 0. The molecule has 0 unspecified atom stereocenters. The molecule has 8 heteroatoms. The summed E-state index contributed by atoms with van der Waals surface area (Å²) in [6, 6.07) is 18.4. The van der Waals surface area contributed by atoms with Gasteiger partial charge in [0.1, 0.15) is 17.3 Å². The zero-order valence-electron chi connectivity index (χ0n) is 18.1. The highest BCUT2D eigenvalue weighted by molar-refractivity contribution is 5.98. The molecule has 1 heterocycles. The molecule has 33 heavy (non-hydrogen) atoms. The molecule has 7 nitrogen and oxygen atoms in total. The lowest BCUT2D eigenvalue weighted by Gasteiger charge is -2.15. The van der Waals surface area contributed by atoms with E-state index in [9.17, 15) is 14.0 Å². The van der Waals surface area contributed by atoms with Gasteiger partial charge >= 0.3 is 5.91 Å². The first-order valence-corrected chi connectivity index (χ1v) is 10.3. The second-order valence-electron chi connectivity index (χ2n) is 7.46. The molecule has 1 fully saturated rings. The van der Waals surface area contributed by atoms with Crippen molar-refractivity contribution in [2.24, 2.45) is 0 Å². The van der Waals surface area contributed by atoms with E-state index in [1.54, 1.807) is 73.6 Å². The van der Waals surface area contributed by atoms with Crippen LogP contribution in [0.1, 0.15) is 27.5 Å². The molecule has 3 aromatic rings. The molecule has 4 rings (SSSR count). The van der Waals surface area contributed by atoms with Gasteiger partial charge in [0, 0.05) is 16.7 Å². The molecule has 0 radical (unpaired) electrons. The maximum atomic E-state index is 13.3. The third kappa shape index (κ3) is 4.85. The Kier molecular flexibility index (Phi) is 6.35. The lowest BCUT2D eigenvalue weighted by Crippen LogP contribution is -2.42. The number of rotatable bonds is 6. The van der Waals surface area contributed by atoms with Gasteiger partial charge in [-0.1, -0.05) is 0 Å². The Morgan fingerprint density at radius 2 is 1.52 bits per heavy atom. The van der Waals surface area contributed by atoms with Crippen molar-refractivity contribution in [3.63, 3.8) is 0 Å². The summed E-state index contributed by atoms with van der Waals surface area (Å²) < 4.78 is 25.3. The summed E-state index contributed by atoms with van der Waals surface area (Å²) >= 11 is 0. The molecule has 2 N–H and O–H groups in total. The molecule has 3 aromatic carbocycles. The average molecular weight is 448 g/mol. The van der Waals surface area contributed by atoms with Gasteiger partial charge < -0.3 is 14.8 Å². The minimum atomic E-state index is -0.871. The van der Waals surface area contributed by atoms with E-state index in [2.05, 4.69) is 10.7 Å². The Hall–Kier alpha value is -4.20. The summed E-state index contributed by atoms with van der Waals surface area (Å²) in [7, 11) is 3.12. The number of nitrogens with one attached hydrogen (secondary N) is 2. The van der Waals surface area contributed by atoms with Crippen molar-refractivity contribution in [3.8, 4) is 11.5 Å². The van der Waals surface area contributed by atoms with Crippen molar-refractivity contribution in [1.82, 2.24) is 10.7 Å². The highest BCUT2D eigenvalue weighted by atomic mass is 19.1. The van der Waals surface area contributed by atoms with E-state index in [1.807, 2.05) is 12.1 Å². The van der Waals surface area contributed by atoms with E-state index in [0.717, 1.165) is 5.56 Å². The number of methoxy groups -OCH3 is 2. The molecule has 0 spiro atoms. The minimum absolute atomic E-state index is 0.353. The number of benzene rings is 3. The van der Waals surface area contributed by atoms with Crippen LogP contribution in [0, 0.1) is 5.82 Å². The van der Waals surface area contributed by atoms with E-state index >= 15 is 0 Å². The highest BCUT2D eigenvalue weighted by Gasteiger charge is 2.47. The summed E-state index contributed by atoms with van der Waals surface area (Å²) in [4.78, 5) is 25.8. The molecule has 0 bridgehead atoms. The number of ether oxygens (including phenoxy) is 2. The number of halogens is 1. The fourth-order valence-corrected chi connectivity index (χ4v) is 3.66. The van der Waals surface area contributed by atoms with Gasteiger partial charge in [-0.3, -0.25) is 9.59 Å². The summed E-state index contributed by atoms with van der Waals surface area (Å²) in [5.41, 5.74) is 4.68. The van der Waals surface area contributed by atoms with Gasteiger partial charge in [0.25, 0.3) is 5.91 Å². The van der Waals surface area contributed by atoms with Gasteiger partial charge in [-0.05, 0) is 72.8 Å². The number of hydrogen-bond acceptors (Lipinski definition) is 4. The van der Waals surface area contributed by atoms with Crippen LogP contribution in [0.2, 0.25) is 0 Å². The predicted molar refractivity (Wildman–Crippen MR) is 120 cm³/mol. The predicted octanol–water partition coefficient (Wildman–Crippen LogP) is 2.86. The van der Waals surface area contributed by atoms with E-state index in [1.165, 1.54) is 12.1 Å². The van der Waals surface area contributed by atoms with Crippen LogP contribution in [0.15, 0.2) is 72.8 Å². The Morgan fingerprint density at radius 1 is 0.939 bits per heavy atom. The van der Waals surface area contributed by atoms with Crippen molar-refractivity contribution in [2.75, 3.05) is 14.2 Å². The molecule has 2 amide bonds. The van der Waals surface area contributed by atoms with Crippen molar-refractivity contribution in [3.05, 3.63) is 95.3 Å². The fraction of sp³-hybridized carbons (Fsp3) is 0.160. The van der Waals surface area contributed by atoms with E-state index in [0.29, 0.717) is 22.6 Å². The zero-order chi connectivity index (χ0) is 23.4. The standard InChI is InChI=1S/C25H22FN3O4/c1-32-20-11-5-17(6-12-20)23-22(27-24(30)18-7-13-21(33-2)14-8-18)25(31)28-29(23)15-16-3-9-19(26)10-4-16/h3-15,22-23H,1-2H3,(H-,27,28,30,31)/p+1/b29-15-/t22-,23-/m1/s1. The molecule has 0 saturated carbocycles. The van der Waals surface area contributed by atoms with Gasteiger partial charge in [0.2, 0.25) is 12.3 Å². The monoisotopic (exact) mass is 448 g/mol. The highest BCUT2D eigenvalue weighted by Crippen LogP contribution is 2.27. The van der Waals surface area contributed by atoms with Gasteiger partial charge in [-0.15, -0.1) is 10.1 Å². The molecular weight excluding hydrogens is 425 g/mol. The van der Waals surface area contributed by atoms with Crippen LogP contribution in [0.25, 0.3) is 0 Å². The second-order valence-corrected chi connectivity index (χ2v) is 7.46. The number of nitrogens with zero attached hydrogens (tertiary/aromatic N) is 1. The van der Waals surface area contributed by atoms with Crippen LogP contribution in [0.3, 0.4) is 0 Å². The van der Waals surface area contributed by atoms with Crippen LogP contribution in [-0.4, -0.2) is 43.0 Å². The first-order valence-electron chi connectivity index (χ1n) is 10.3. The number of amides is 2. The van der Waals surface area contributed by atoms with Crippen LogP contribution < -0.4 is 20.2 Å². The summed E-state index contributed by atoms with van der Waals surface area (Å²) in [5, 5.41) is 2.84. The lowest BCUT2D eigenvalue weighted by atomic mass is 9.99. The smallest absolute Gasteiger partial charge is 0.304 e. The van der Waals surface area contributed by atoms with Crippen LogP contribution in [0.4, 0.5) is 4.39 Å². The van der Waals surface area contributed by atoms with E-state index in [4.69, 9.17) is 9.47 Å². The number of carbonyl (C=O) groups is 2. The van der Waals surface area contributed by atoms with Crippen LogP contribution in [-0.2, 0) is 4.79 Å². The number of hydrogen-bond donors (Lipinski definition) is 2. The normalized spacial score (nSPS) is 18.6. The van der Waals surface area contributed by atoms with Gasteiger partial charge in [0.15, 0.2) is 6.04 Å². The van der Waals surface area contributed by atoms with Crippen LogP contribution in [0.5, 0.6) is 11.5 Å². The summed E-state index contributed by atoms with van der Waals surface area (Å²) in [5.74, 6) is 0.190. The lowest BCUT2D eigenvalue weighted by molar-refractivity contribution is -0.596. The third-order valence-corrected chi connectivity index (χ3v) is 5.39. The summed E-state index contributed by atoms with van der Waals surface area (Å²) in [6.07, 6.45) is 1.70. The zero-order valence-corrected chi connectivity index (χ0v) is 18.1. The van der Waals surface area contributed by atoms with E-state index in [-0.39, 0.29) is 17.6 Å². The molecule has 1 aliphatic rings. The SMILES string of the molecule is COc1ccc(C(=O)N[C@H]2C(=O)N/[N+](=C\c3ccc(F)cc3)[C@@H]2c2ccc(OC)cc2)cc1. The van der Waals surface area contributed by atoms with Crippen molar-refractivity contribution >= 4 is 18.0 Å². The van der Waals surface area contributed by atoms with Gasteiger partial charge in [0.05, 0.1) is 14.2 Å². The Bertz CT molecular complexity index is 1180. The molecular formula is C25H23FN3O4+. The number of carbonyl (C=O) groups excluding carboxylic acids is 2. The largest absolute Gasteiger partial charge is 0.497 e. The molecule has 0 aromatic heterocycles. The van der Waals surface area contributed by atoms with Crippen molar-refractivity contribution in [2.45, 2.75) is 12.1 Å². The molecule has 168 valence electrons. The molecule has 1 saturated heterocycles. The quantitative estimate of drug-likeness (QED) is 0.569. The first kappa shape index (κ1) is 22.0. The van der Waals surface area contributed by atoms with Crippen molar-refractivity contribution in [1.29, 1.82) is 0 Å². The molecule has 1 aliphatic heterocycles. The topological polar surface area (TPSA) is 79.7 Å². The van der Waals surface area contributed by atoms with Gasteiger partial charge in [-0.2, -0.15) is 0 Å². The maximum Gasteiger partial charge on any atom is 0.304 e. The second kappa shape index (κ2) is 9.52. The fourth-order valence-electron chi connectivity index (χ4n) is 3.66. The van der Waals surface area contributed by atoms with Crippen LogP contribution >= 0.6 is 0 Å². The Morgan fingerprint density at radius 3 is 2.09 bits per heavy atom. The van der Waals surface area contributed by atoms with Crippen molar-refractivity contribution < 1.29 is 28.1 Å². The number of hydrazine groups is 1. The molecule has 0 aliphatic carbocycles. The first-order chi connectivity index (χ1) is 16.0.